The zero-order valence-electron chi connectivity index (χ0n) is 16.1. The van der Waals surface area contributed by atoms with E-state index in [9.17, 15) is 4.79 Å². The smallest absolute Gasteiger partial charge is 0.331 e. The van der Waals surface area contributed by atoms with Gasteiger partial charge in [-0.3, -0.25) is 0 Å². The van der Waals surface area contributed by atoms with Gasteiger partial charge in [0.1, 0.15) is 0 Å². The Morgan fingerprint density at radius 2 is 1.92 bits per heavy atom. The zero-order chi connectivity index (χ0) is 18.3. The van der Waals surface area contributed by atoms with Crippen LogP contribution in [0.25, 0.3) is 0 Å². The molecule has 1 N–H and O–H groups in total. The van der Waals surface area contributed by atoms with Crippen molar-refractivity contribution in [2.75, 3.05) is 0 Å². The fourth-order valence-corrected chi connectivity index (χ4v) is 3.32. The molecule has 0 aromatic carbocycles. The number of hydrogen-bond donors (Lipinski definition) is 1. The molecule has 1 rings (SSSR count). The Kier molecular flexibility index (Phi) is 7.47. The lowest BCUT2D eigenvalue weighted by atomic mass is 9.72. The van der Waals surface area contributed by atoms with Crippen molar-refractivity contribution >= 4 is 5.97 Å². The van der Waals surface area contributed by atoms with E-state index in [1.807, 2.05) is 32.1 Å². The molecule has 0 heterocycles. The molecule has 24 heavy (non-hydrogen) atoms. The quantitative estimate of drug-likeness (QED) is 0.453. The topological polar surface area (TPSA) is 37.3 Å². The van der Waals surface area contributed by atoms with Gasteiger partial charge in [0.15, 0.2) is 0 Å². The molecule has 2 heteroatoms. The first-order valence-electron chi connectivity index (χ1n) is 8.85. The molecule has 0 bridgehead atoms. The number of carboxylic acid groups (broad SMARTS) is 1. The van der Waals surface area contributed by atoms with Crippen molar-refractivity contribution < 1.29 is 9.90 Å². The van der Waals surface area contributed by atoms with Crippen LogP contribution in [0, 0.1) is 5.41 Å². The van der Waals surface area contributed by atoms with Crippen LogP contribution in [-0.4, -0.2) is 11.1 Å². The SMILES string of the molecule is CCC(C(=O)O)=C(C)C=CC=C(C)C=CC1=C(C)CCCC1(C)C. The second-order valence-electron chi connectivity index (χ2n) is 7.35. The van der Waals surface area contributed by atoms with Crippen LogP contribution in [0.2, 0.25) is 0 Å². The molecule has 1 aliphatic rings. The highest BCUT2D eigenvalue weighted by Crippen LogP contribution is 2.40. The molecule has 0 aromatic rings. The molecule has 0 saturated heterocycles. The van der Waals surface area contributed by atoms with Crippen molar-refractivity contribution in [3.63, 3.8) is 0 Å². The van der Waals surface area contributed by atoms with E-state index in [1.165, 1.54) is 30.4 Å². The van der Waals surface area contributed by atoms with Crippen molar-refractivity contribution in [1.29, 1.82) is 0 Å². The molecule has 0 spiro atoms. The Morgan fingerprint density at radius 1 is 1.25 bits per heavy atom. The summed E-state index contributed by atoms with van der Waals surface area (Å²) in [4.78, 5) is 11.1. The molecular weight excluding hydrogens is 296 g/mol. The Hall–Kier alpha value is -1.83. The van der Waals surface area contributed by atoms with Gasteiger partial charge in [-0.15, -0.1) is 0 Å². The van der Waals surface area contributed by atoms with Crippen LogP contribution in [0.5, 0.6) is 0 Å². The summed E-state index contributed by atoms with van der Waals surface area (Å²) in [5.41, 5.74) is 5.65. The van der Waals surface area contributed by atoms with Crippen LogP contribution in [0.4, 0.5) is 0 Å². The number of carboxylic acids is 1. The Bertz CT molecular complexity index is 622. The number of aliphatic carboxylic acids is 1. The summed E-state index contributed by atoms with van der Waals surface area (Å²) < 4.78 is 0. The van der Waals surface area contributed by atoms with Gasteiger partial charge in [-0.1, -0.05) is 62.3 Å². The summed E-state index contributed by atoms with van der Waals surface area (Å²) in [6, 6.07) is 0. The largest absolute Gasteiger partial charge is 0.478 e. The first kappa shape index (κ1) is 20.2. The molecule has 1 aliphatic carbocycles. The lowest BCUT2D eigenvalue weighted by molar-refractivity contribution is -0.132. The summed E-state index contributed by atoms with van der Waals surface area (Å²) in [5, 5.41) is 9.13. The average Bonchev–Trinajstić information content (AvgIpc) is 2.46. The highest BCUT2D eigenvalue weighted by molar-refractivity contribution is 5.87. The molecule has 132 valence electrons. The first-order valence-corrected chi connectivity index (χ1v) is 8.85. The average molecular weight is 328 g/mol. The highest BCUT2D eigenvalue weighted by atomic mass is 16.4. The van der Waals surface area contributed by atoms with E-state index in [-0.39, 0.29) is 5.41 Å². The maximum absolute atomic E-state index is 11.1. The van der Waals surface area contributed by atoms with Crippen LogP contribution in [0.3, 0.4) is 0 Å². The monoisotopic (exact) mass is 328 g/mol. The Labute approximate surface area is 147 Å². The third kappa shape index (κ3) is 5.67. The zero-order valence-corrected chi connectivity index (χ0v) is 16.1. The molecule has 2 nitrogen and oxygen atoms in total. The molecular formula is C22H32O2. The van der Waals surface area contributed by atoms with Gasteiger partial charge in [0.2, 0.25) is 0 Å². The second kappa shape index (κ2) is 8.86. The van der Waals surface area contributed by atoms with Gasteiger partial charge >= 0.3 is 5.97 Å². The number of hydrogen-bond acceptors (Lipinski definition) is 1. The van der Waals surface area contributed by atoms with Crippen molar-refractivity contribution in [2.45, 2.75) is 67.2 Å². The van der Waals surface area contributed by atoms with Gasteiger partial charge in [-0.05, 0) is 63.0 Å². The van der Waals surface area contributed by atoms with Gasteiger partial charge in [-0.2, -0.15) is 0 Å². The minimum atomic E-state index is -0.831. The van der Waals surface area contributed by atoms with Crippen LogP contribution in [0.15, 0.2) is 58.2 Å². The van der Waals surface area contributed by atoms with E-state index < -0.39 is 5.97 Å². The van der Waals surface area contributed by atoms with E-state index in [2.05, 4.69) is 39.8 Å². The summed E-state index contributed by atoms with van der Waals surface area (Å²) in [6.07, 6.45) is 14.5. The fourth-order valence-electron chi connectivity index (χ4n) is 3.32. The highest BCUT2D eigenvalue weighted by Gasteiger charge is 2.26. The van der Waals surface area contributed by atoms with E-state index in [4.69, 9.17) is 5.11 Å². The van der Waals surface area contributed by atoms with Crippen LogP contribution >= 0.6 is 0 Å². The summed E-state index contributed by atoms with van der Waals surface area (Å²) in [6.45, 7) is 12.7. The van der Waals surface area contributed by atoms with Crippen molar-refractivity contribution in [3.05, 3.63) is 58.2 Å². The van der Waals surface area contributed by atoms with Crippen molar-refractivity contribution in [3.8, 4) is 0 Å². The predicted molar refractivity (Wildman–Crippen MR) is 103 cm³/mol. The summed E-state index contributed by atoms with van der Waals surface area (Å²) in [7, 11) is 0. The third-order valence-corrected chi connectivity index (χ3v) is 4.85. The molecule has 0 aliphatic heterocycles. The lowest BCUT2D eigenvalue weighted by Crippen LogP contribution is -2.19. The van der Waals surface area contributed by atoms with E-state index in [0.717, 1.165) is 11.1 Å². The number of carbonyl (C=O) groups is 1. The van der Waals surface area contributed by atoms with Crippen molar-refractivity contribution in [2.24, 2.45) is 5.41 Å². The molecule has 0 amide bonds. The van der Waals surface area contributed by atoms with Gasteiger partial charge in [0, 0.05) is 5.57 Å². The third-order valence-electron chi connectivity index (χ3n) is 4.85. The van der Waals surface area contributed by atoms with Crippen LogP contribution < -0.4 is 0 Å². The first-order chi connectivity index (χ1) is 11.2. The Balaban J connectivity index is 2.88. The van der Waals surface area contributed by atoms with E-state index in [1.54, 1.807) is 0 Å². The standard InChI is InChI=1S/C22H32O2/c1-7-19(21(23)24)17(3)11-8-10-16(2)13-14-20-18(4)12-9-15-22(20,5)6/h8,10-11,13-14H,7,9,12,15H2,1-6H3,(H,23,24). The predicted octanol–water partition coefficient (Wildman–Crippen LogP) is 6.38. The lowest BCUT2D eigenvalue weighted by Gasteiger charge is -2.32. The van der Waals surface area contributed by atoms with Gasteiger partial charge < -0.3 is 5.11 Å². The number of rotatable bonds is 6. The molecule has 0 radical (unpaired) electrons. The summed E-state index contributed by atoms with van der Waals surface area (Å²) >= 11 is 0. The molecule has 0 aromatic heterocycles. The van der Waals surface area contributed by atoms with Crippen LogP contribution in [0.1, 0.15) is 67.2 Å². The van der Waals surface area contributed by atoms with E-state index >= 15 is 0 Å². The number of allylic oxidation sites excluding steroid dienone is 9. The molecule has 0 atom stereocenters. The fraction of sp³-hybridized carbons (Fsp3) is 0.500. The molecule has 0 saturated carbocycles. The Morgan fingerprint density at radius 3 is 2.46 bits per heavy atom. The van der Waals surface area contributed by atoms with E-state index in [0.29, 0.717) is 12.0 Å². The second-order valence-corrected chi connectivity index (χ2v) is 7.35. The van der Waals surface area contributed by atoms with Gasteiger partial charge in [-0.25, -0.2) is 4.79 Å². The molecule has 0 fully saturated rings. The molecule has 0 unspecified atom stereocenters. The normalized spacial score (nSPS) is 20.0. The summed E-state index contributed by atoms with van der Waals surface area (Å²) in [5.74, 6) is -0.831. The van der Waals surface area contributed by atoms with Crippen LogP contribution in [-0.2, 0) is 4.79 Å². The van der Waals surface area contributed by atoms with Crippen molar-refractivity contribution in [1.82, 2.24) is 0 Å². The minimum Gasteiger partial charge on any atom is -0.478 e. The maximum Gasteiger partial charge on any atom is 0.331 e. The maximum atomic E-state index is 11.1. The van der Waals surface area contributed by atoms with Gasteiger partial charge in [0.05, 0.1) is 0 Å². The minimum absolute atomic E-state index is 0.256. The van der Waals surface area contributed by atoms with Gasteiger partial charge in [0.25, 0.3) is 0 Å².